The number of nitrogens with one attached hydrogen (secondary N) is 1. The van der Waals surface area contributed by atoms with Crippen molar-refractivity contribution in [2.45, 2.75) is 45.3 Å². The number of rotatable bonds is 9. The zero-order valence-electron chi connectivity index (χ0n) is 23.4. The van der Waals surface area contributed by atoms with E-state index in [1.165, 1.54) is 0 Å². The molecule has 2 aliphatic rings. The maximum Gasteiger partial charge on any atom is 0.261 e. The molecule has 11 heteroatoms. The van der Waals surface area contributed by atoms with Crippen molar-refractivity contribution in [3.63, 3.8) is 0 Å². The van der Waals surface area contributed by atoms with Crippen molar-refractivity contribution < 1.29 is 14.3 Å². The van der Waals surface area contributed by atoms with E-state index in [1.54, 1.807) is 16.8 Å². The largest absolute Gasteiger partial charge is 0.378 e. The molecule has 0 bridgehead atoms. The Morgan fingerprint density at radius 3 is 2.67 bits per heavy atom. The van der Waals surface area contributed by atoms with E-state index in [0.29, 0.717) is 36.4 Å². The Labute approximate surface area is 233 Å². The van der Waals surface area contributed by atoms with Gasteiger partial charge in [0.2, 0.25) is 5.91 Å². The zero-order chi connectivity index (χ0) is 27.9. The van der Waals surface area contributed by atoms with Crippen LogP contribution in [0.5, 0.6) is 0 Å². The summed E-state index contributed by atoms with van der Waals surface area (Å²) >= 11 is 0. The number of ether oxygens (including phenoxy) is 2. The molecular formula is C29H36N6O4Si. The Morgan fingerprint density at radius 2 is 1.93 bits per heavy atom. The highest BCUT2D eigenvalue weighted by Crippen LogP contribution is 2.32. The van der Waals surface area contributed by atoms with Gasteiger partial charge in [0.05, 0.1) is 30.0 Å². The maximum absolute atomic E-state index is 13.5. The van der Waals surface area contributed by atoms with Gasteiger partial charge in [-0.05, 0) is 37.1 Å². The number of hydrogen-bond acceptors (Lipinski definition) is 7. The third-order valence-electron chi connectivity index (χ3n) is 7.48. The molecule has 210 valence electrons. The summed E-state index contributed by atoms with van der Waals surface area (Å²) in [6.07, 6.45) is 9.24. The molecule has 2 fully saturated rings. The highest BCUT2D eigenvalue weighted by atomic mass is 28.3. The SMILES string of the molecule is C[Si](C)(C)CCOCn1cc(-c2cn3cc(N4CCOCC4)ccc3n2)c2cc(NC(=O)C3CC3)ncc2c1=O. The molecule has 0 radical (unpaired) electrons. The fourth-order valence-corrected chi connectivity index (χ4v) is 5.65. The van der Waals surface area contributed by atoms with Crippen molar-refractivity contribution >= 4 is 41.9 Å². The van der Waals surface area contributed by atoms with E-state index in [0.717, 1.165) is 54.6 Å². The minimum Gasteiger partial charge on any atom is -0.378 e. The van der Waals surface area contributed by atoms with Crippen LogP contribution in [-0.2, 0) is 21.0 Å². The molecule has 1 amide bonds. The van der Waals surface area contributed by atoms with E-state index in [1.807, 2.05) is 22.9 Å². The summed E-state index contributed by atoms with van der Waals surface area (Å²) in [6.45, 7) is 10.8. The summed E-state index contributed by atoms with van der Waals surface area (Å²) in [4.78, 5) is 37.5. The summed E-state index contributed by atoms with van der Waals surface area (Å²) in [5.41, 5.74) is 3.24. The number of hydrogen-bond donors (Lipinski definition) is 1. The molecule has 1 saturated carbocycles. The highest BCUT2D eigenvalue weighted by Gasteiger charge is 2.30. The second-order valence-electron chi connectivity index (χ2n) is 11.9. The molecule has 1 aliphatic heterocycles. The Balaban J connectivity index is 1.39. The van der Waals surface area contributed by atoms with Crippen LogP contribution in [0.1, 0.15) is 12.8 Å². The van der Waals surface area contributed by atoms with Crippen molar-refractivity contribution in [1.29, 1.82) is 0 Å². The number of nitrogens with zero attached hydrogens (tertiary/aromatic N) is 5. The lowest BCUT2D eigenvalue weighted by Gasteiger charge is -2.28. The van der Waals surface area contributed by atoms with E-state index >= 15 is 0 Å². The van der Waals surface area contributed by atoms with E-state index < -0.39 is 8.07 Å². The quantitative estimate of drug-likeness (QED) is 0.242. The van der Waals surface area contributed by atoms with E-state index in [9.17, 15) is 9.59 Å². The first-order valence-corrected chi connectivity index (χ1v) is 17.7. The predicted octanol–water partition coefficient (Wildman–Crippen LogP) is 4.21. The molecule has 4 aromatic rings. The number of fused-ring (bicyclic) bond motifs is 2. The van der Waals surface area contributed by atoms with Crippen LogP contribution >= 0.6 is 0 Å². The standard InChI is InChI=1S/C29H36N6O4Si/c1-40(2,3)13-12-39-19-35-17-24(22-14-26(30-15-23(22)29(35)37)32-28(36)20-4-5-20)25-18-34-16-21(6-7-27(34)31-25)33-8-10-38-11-9-33/h6-7,14-18,20H,4-5,8-13,19H2,1-3H3,(H,30,32,36). The molecule has 5 heterocycles. The van der Waals surface area contributed by atoms with Crippen LogP contribution in [0.25, 0.3) is 27.7 Å². The van der Waals surface area contributed by atoms with Crippen molar-refractivity contribution in [3.8, 4) is 11.3 Å². The summed E-state index contributed by atoms with van der Waals surface area (Å²) in [5.74, 6) is 0.464. The van der Waals surface area contributed by atoms with Gasteiger partial charge >= 0.3 is 0 Å². The van der Waals surface area contributed by atoms with Crippen LogP contribution in [0.4, 0.5) is 11.5 Å². The third kappa shape index (κ3) is 5.81. The summed E-state index contributed by atoms with van der Waals surface area (Å²) in [7, 11) is -1.26. The molecule has 0 aromatic carbocycles. The number of anilines is 2. The second-order valence-corrected chi connectivity index (χ2v) is 17.5. The van der Waals surface area contributed by atoms with Crippen LogP contribution in [0.2, 0.25) is 25.7 Å². The van der Waals surface area contributed by atoms with Crippen LogP contribution in [0.3, 0.4) is 0 Å². The third-order valence-corrected chi connectivity index (χ3v) is 9.19. The van der Waals surface area contributed by atoms with Crippen LogP contribution in [-0.4, -0.2) is 65.8 Å². The molecule has 4 aromatic heterocycles. The number of aromatic nitrogens is 4. The van der Waals surface area contributed by atoms with Crippen molar-refractivity contribution in [1.82, 2.24) is 18.9 Å². The number of carbonyl (C=O) groups is 1. The van der Waals surface area contributed by atoms with Gasteiger partial charge in [0.15, 0.2) is 0 Å². The zero-order valence-corrected chi connectivity index (χ0v) is 24.4. The van der Waals surface area contributed by atoms with Crippen LogP contribution in [0.15, 0.2) is 47.8 Å². The first kappa shape index (κ1) is 26.7. The number of amides is 1. The van der Waals surface area contributed by atoms with Crippen LogP contribution in [0, 0.1) is 5.92 Å². The first-order valence-electron chi connectivity index (χ1n) is 14.0. The van der Waals surface area contributed by atoms with Crippen molar-refractivity contribution in [2.75, 3.05) is 43.1 Å². The minimum absolute atomic E-state index is 0.0269. The number of imidazole rings is 1. The van der Waals surface area contributed by atoms with E-state index in [-0.39, 0.29) is 24.1 Å². The lowest BCUT2D eigenvalue weighted by molar-refractivity contribution is -0.117. The highest BCUT2D eigenvalue weighted by molar-refractivity contribution is 6.76. The van der Waals surface area contributed by atoms with Gasteiger partial charge in [0.1, 0.15) is 18.2 Å². The van der Waals surface area contributed by atoms with Gasteiger partial charge in [-0.2, -0.15) is 0 Å². The van der Waals surface area contributed by atoms with Gasteiger partial charge in [0.25, 0.3) is 5.56 Å². The van der Waals surface area contributed by atoms with Crippen molar-refractivity contribution in [3.05, 3.63) is 53.3 Å². The topological polar surface area (TPSA) is 103 Å². The molecule has 10 nitrogen and oxygen atoms in total. The van der Waals surface area contributed by atoms with Gasteiger partial charge in [-0.1, -0.05) is 19.6 Å². The Kier molecular flexibility index (Phi) is 7.19. The van der Waals surface area contributed by atoms with E-state index in [4.69, 9.17) is 14.5 Å². The molecule has 40 heavy (non-hydrogen) atoms. The van der Waals surface area contributed by atoms with Gasteiger partial charge in [-0.15, -0.1) is 0 Å². The molecule has 0 spiro atoms. The lowest BCUT2D eigenvalue weighted by atomic mass is 10.1. The molecule has 1 N–H and O–H groups in total. The molecule has 1 saturated heterocycles. The number of pyridine rings is 3. The fourth-order valence-electron chi connectivity index (χ4n) is 4.89. The van der Waals surface area contributed by atoms with Crippen LogP contribution < -0.4 is 15.8 Å². The fraction of sp³-hybridized carbons (Fsp3) is 0.448. The lowest BCUT2D eigenvalue weighted by Crippen LogP contribution is -2.36. The second kappa shape index (κ2) is 10.8. The monoisotopic (exact) mass is 560 g/mol. The predicted molar refractivity (Wildman–Crippen MR) is 159 cm³/mol. The van der Waals surface area contributed by atoms with Gasteiger partial charge < -0.3 is 24.1 Å². The average molecular weight is 561 g/mol. The molecule has 6 rings (SSSR count). The smallest absolute Gasteiger partial charge is 0.261 e. The van der Waals surface area contributed by atoms with Gasteiger partial charge in [-0.3, -0.25) is 14.2 Å². The van der Waals surface area contributed by atoms with Gasteiger partial charge in [-0.25, -0.2) is 9.97 Å². The Morgan fingerprint density at radius 1 is 1.12 bits per heavy atom. The summed E-state index contributed by atoms with van der Waals surface area (Å²) in [6, 6.07) is 6.89. The molecule has 0 unspecified atom stereocenters. The number of morpholine rings is 1. The average Bonchev–Trinajstić information content (AvgIpc) is 3.71. The Hall–Kier alpha value is -3.54. The summed E-state index contributed by atoms with van der Waals surface area (Å²) < 4.78 is 15.1. The maximum atomic E-state index is 13.5. The molecule has 0 atom stereocenters. The summed E-state index contributed by atoms with van der Waals surface area (Å²) in [5, 5.41) is 4.07. The first-order chi connectivity index (χ1) is 19.2. The molecular weight excluding hydrogens is 524 g/mol. The normalized spacial score (nSPS) is 16.1. The number of carbonyl (C=O) groups excluding carboxylic acids is 1. The van der Waals surface area contributed by atoms with Crippen molar-refractivity contribution in [2.24, 2.45) is 5.92 Å². The van der Waals surface area contributed by atoms with E-state index in [2.05, 4.69) is 47.1 Å². The Bertz CT molecular complexity index is 1610. The van der Waals surface area contributed by atoms with Gasteiger partial charge in [0, 0.05) is 69.4 Å². The molecule has 1 aliphatic carbocycles. The minimum atomic E-state index is -1.26.